The number of hydrazone groups is 1. The zero-order valence-corrected chi connectivity index (χ0v) is 18.4. The maximum Gasteiger partial charge on any atom is 0.270 e. The number of ether oxygens (including phenoxy) is 1. The van der Waals surface area contributed by atoms with E-state index in [4.69, 9.17) is 4.74 Å². The zero-order chi connectivity index (χ0) is 23.2. The number of nitro groups is 1. The topological polar surface area (TPSA) is 131 Å². The minimum atomic E-state index is -0.448. The van der Waals surface area contributed by atoms with Crippen molar-refractivity contribution in [1.82, 2.24) is 15.0 Å². The third kappa shape index (κ3) is 5.77. The fourth-order valence-corrected chi connectivity index (χ4v) is 3.25. The monoisotopic (exact) mass is 448 g/mol. The van der Waals surface area contributed by atoms with Crippen LogP contribution in [0.1, 0.15) is 16.7 Å². The first-order valence-electron chi connectivity index (χ1n) is 10.4. The summed E-state index contributed by atoms with van der Waals surface area (Å²) in [6.07, 6.45) is 1.48. The van der Waals surface area contributed by atoms with E-state index in [1.165, 1.54) is 18.3 Å². The number of aromatic nitrogens is 3. The molecule has 2 aromatic carbocycles. The first-order chi connectivity index (χ1) is 16.0. The summed E-state index contributed by atoms with van der Waals surface area (Å²) >= 11 is 0. The van der Waals surface area contributed by atoms with Crippen LogP contribution in [0.15, 0.2) is 47.6 Å². The molecule has 1 aromatic heterocycles. The fourth-order valence-electron chi connectivity index (χ4n) is 3.25. The largest absolute Gasteiger partial charge is 0.378 e. The number of hydrogen-bond acceptors (Lipinski definition) is 10. The van der Waals surface area contributed by atoms with E-state index >= 15 is 0 Å². The summed E-state index contributed by atoms with van der Waals surface area (Å²) in [6.45, 7) is 6.56. The maximum absolute atomic E-state index is 11.0. The van der Waals surface area contributed by atoms with Crippen LogP contribution in [-0.2, 0) is 4.74 Å². The van der Waals surface area contributed by atoms with Crippen LogP contribution in [0.5, 0.6) is 0 Å². The summed E-state index contributed by atoms with van der Waals surface area (Å²) in [5.41, 5.74) is 6.47. The van der Waals surface area contributed by atoms with Crippen molar-refractivity contribution in [3.8, 4) is 0 Å². The smallest absolute Gasteiger partial charge is 0.270 e. The van der Waals surface area contributed by atoms with Gasteiger partial charge in [0.2, 0.25) is 17.8 Å². The second-order valence-corrected chi connectivity index (χ2v) is 7.55. The fraction of sp³-hybridized carbons (Fsp3) is 0.273. The molecule has 1 aliphatic rings. The van der Waals surface area contributed by atoms with Crippen molar-refractivity contribution in [3.05, 3.63) is 69.3 Å². The van der Waals surface area contributed by atoms with E-state index in [0.717, 1.165) is 16.8 Å². The SMILES string of the molecule is Cc1ccc(C)c(Nc2nc(NN=Cc3cccc([N+](=O)[O-])c3)nc(N3CCOCC3)n2)c1. The summed E-state index contributed by atoms with van der Waals surface area (Å²) in [4.78, 5) is 26.1. The molecule has 3 aromatic rings. The quantitative estimate of drug-likeness (QED) is 0.317. The molecule has 0 amide bonds. The third-order valence-electron chi connectivity index (χ3n) is 5.02. The molecule has 0 aliphatic carbocycles. The Labute approximate surface area is 190 Å². The first-order valence-corrected chi connectivity index (χ1v) is 10.4. The van der Waals surface area contributed by atoms with Crippen molar-refractivity contribution in [2.75, 3.05) is 41.9 Å². The number of nitrogens with zero attached hydrogens (tertiary/aromatic N) is 6. The van der Waals surface area contributed by atoms with Gasteiger partial charge >= 0.3 is 0 Å². The van der Waals surface area contributed by atoms with Crippen LogP contribution in [0, 0.1) is 24.0 Å². The molecule has 0 atom stereocenters. The Hall–Kier alpha value is -4.12. The molecule has 2 N–H and O–H groups in total. The lowest BCUT2D eigenvalue weighted by molar-refractivity contribution is -0.384. The molecule has 1 saturated heterocycles. The number of nitro benzene ring substituents is 1. The van der Waals surface area contributed by atoms with Crippen molar-refractivity contribution in [2.24, 2.45) is 5.10 Å². The number of nitrogens with one attached hydrogen (secondary N) is 2. The molecule has 170 valence electrons. The average Bonchev–Trinajstić information content (AvgIpc) is 2.82. The molecular weight excluding hydrogens is 424 g/mol. The van der Waals surface area contributed by atoms with E-state index < -0.39 is 4.92 Å². The molecule has 0 spiro atoms. The number of hydrogen-bond donors (Lipinski definition) is 2. The molecule has 0 radical (unpaired) electrons. The molecule has 0 bridgehead atoms. The standard InChI is InChI=1S/C22H24N8O3/c1-15-6-7-16(2)19(12-15)24-20-25-21(27-22(26-20)29-8-10-33-11-9-29)28-23-14-17-4-3-5-18(13-17)30(31)32/h3-7,12-14H,8-11H2,1-2H3,(H2,24,25,26,27,28). The number of non-ortho nitro benzene ring substituents is 1. The van der Waals surface area contributed by atoms with E-state index in [1.807, 2.05) is 36.9 Å². The third-order valence-corrected chi connectivity index (χ3v) is 5.02. The average molecular weight is 448 g/mol. The number of rotatable bonds is 7. The molecule has 0 saturated carbocycles. The molecule has 1 fully saturated rings. The Morgan fingerprint density at radius 3 is 2.67 bits per heavy atom. The highest BCUT2D eigenvalue weighted by Crippen LogP contribution is 2.22. The van der Waals surface area contributed by atoms with E-state index in [-0.39, 0.29) is 11.6 Å². The van der Waals surface area contributed by atoms with Crippen LogP contribution < -0.4 is 15.6 Å². The predicted molar refractivity (Wildman–Crippen MR) is 126 cm³/mol. The number of anilines is 4. The molecule has 0 unspecified atom stereocenters. The lowest BCUT2D eigenvalue weighted by atomic mass is 10.1. The highest BCUT2D eigenvalue weighted by molar-refractivity contribution is 5.81. The number of aryl methyl sites for hydroxylation is 2. The van der Waals surface area contributed by atoms with Gasteiger partial charge in [0.05, 0.1) is 24.4 Å². The van der Waals surface area contributed by atoms with Gasteiger partial charge in [0.25, 0.3) is 5.69 Å². The van der Waals surface area contributed by atoms with Gasteiger partial charge in [0.15, 0.2) is 0 Å². The maximum atomic E-state index is 11.0. The molecule has 2 heterocycles. The van der Waals surface area contributed by atoms with E-state index in [9.17, 15) is 10.1 Å². The van der Waals surface area contributed by atoms with Gasteiger partial charge in [-0.1, -0.05) is 24.3 Å². The van der Waals surface area contributed by atoms with E-state index in [1.54, 1.807) is 12.1 Å². The Morgan fingerprint density at radius 1 is 1.09 bits per heavy atom. The normalized spacial score (nSPS) is 13.8. The first kappa shape index (κ1) is 22.1. The molecule has 11 nitrogen and oxygen atoms in total. The van der Waals surface area contributed by atoms with E-state index in [2.05, 4.69) is 30.8 Å². The van der Waals surface area contributed by atoms with Crippen molar-refractivity contribution >= 4 is 35.4 Å². The summed E-state index contributed by atoms with van der Waals surface area (Å²) in [5, 5.41) is 18.4. The predicted octanol–water partition coefficient (Wildman–Crippen LogP) is 3.42. The zero-order valence-electron chi connectivity index (χ0n) is 18.4. The Morgan fingerprint density at radius 2 is 1.88 bits per heavy atom. The van der Waals surface area contributed by atoms with Gasteiger partial charge in [-0.25, -0.2) is 5.43 Å². The molecular formula is C22H24N8O3. The van der Waals surface area contributed by atoms with Crippen LogP contribution >= 0.6 is 0 Å². The van der Waals surface area contributed by atoms with Crippen molar-refractivity contribution < 1.29 is 9.66 Å². The summed E-state index contributed by atoms with van der Waals surface area (Å²) in [7, 11) is 0. The van der Waals surface area contributed by atoms with Gasteiger partial charge in [0, 0.05) is 36.5 Å². The van der Waals surface area contributed by atoms with Gasteiger partial charge in [-0.2, -0.15) is 20.1 Å². The minimum Gasteiger partial charge on any atom is -0.378 e. The minimum absolute atomic E-state index is 0.00581. The Balaban J connectivity index is 1.59. The Kier molecular flexibility index (Phi) is 6.69. The van der Waals surface area contributed by atoms with Gasteiger partial charge in [0.1, 0.15) is 0 Å². The number of benzene rings is 2. The lowest BCUT2D eigenvalue weighted by Gasteiger charge is -2.27. The second-order valence-electron chi connectivity index (χ2n) is 7.55. The summed E-state index contributed by atoms with van der Waals surface area (Å²) < 4.78 is 5.43. The Bertz CT molecular complexity index is 1180. The van der Waals surface area contributed by atoms with Gasteiger partial charge < -0.3 is 15.0 Å². The molecule has 1 aliphatic heterocycles. The van der Waals surface area contributed by atoms with Gasteiger partial charge in [-0.15, -0.1) is 0 Å². The second kappa shape index (κ2) is 10.0. The van der Waals surface area contributed by atoms with Gasteiger partial charge in [-0.3, -0.25) is 10.1 Å². The van der Waals surface area contributed by atoms with Crippen LogP contribution in [0.3, 0.4) is 0 Å². The lowest BCUT2D eigenvalue weighted by Crippen LogP contribution is -2.37. The molecule has 33 heavy (non-hydrogen) atoms. The number of morpholine rings is 1. The van der Waals surface area contributed by atoms with E-state index in [0.29, 0.717) is 43.8 Å². The highest BCUT2D eigenvalue weighted by atomic mass is 16.6. The molecule has 4 rings (SSSR count). The van der Waals surface area contributed by atoms with Crippen molar-refractivity contribution in [2.45, 2.75) is 13.8 Å². The summed E-state index contributed by atoms with van der Waals surface area (Å²) in [5.74, 6) is 1.14. The van der Waals surface area contributed by atoms with Crippen LogP contribution in [0.2, 0.25) is 0 Å². The highest BCUT2D eigenvalue weighted by Gasteiger charge is 2.17. The van der Waals surface area contributed by atoms with Crippen molar-refractivity contribution in [1.29, 1.82) is 0 Å². The van der Waals surface area contributed by atoms with Crippen LogP contribution in [0.4, 0.5) is 29.2 Å². The summed E-state index contributed by atoms with van der Waals surface area (Å²) in [6, 6.07) is 12.3. The van der Waals surface area contributed by atoms with Gasteiger partial charge in [-0.05, 0) is 31.0 Å². The van der Waals surface area contributed by atoms with Crippen LogP contribution in [-0.4, -0.2) is 52.4 Å². The van der Waals surface area contributed by atoms with Crippen molar-refractivity contribution in [3.63, 3.8) is 0 Å². The molecule has 11 heteroatoms. The van der Waals surface area contributed by atoms with Crippen LogP contribution in [0.25, 0.3) is 0 Å².